The molecular weight excluding hydrogens is 384 g/mol. The maximum atomic E-state index is 6.26. The number of hydrogen-bond donors (Lipinski definition) is 1. The molecule has 1 aromatic heterocycles. The molecule has 0 bridgehead atoms. The van der Waals surface area contributed by atoms with Gasteiger partial charge in [0.05, 0.1) is 6.10 Å². The molecule has 1 aliphatic heterocycles. The van der Waals surface area contributed by atoms with Crippen molar-refractivity contribution in [2.75, 3.05) is 11.6 Å². The zero-order valence-electron chi connectivity index (χ0n) is 16.2. The number of thioether (sulfide) groups is 1. The van der Waals surface area contributed by atoms with Gasteiger partial charge in [0, 0.05) is 16.8 Å². The minimum Gasteiger partial charge on any atom is -0.490 e. The van der Waals surface area contributed by atoms with Gasteiger partial charge in [0.25, 0.3) is 0 Å². The standard InChI is InChI=1S/C22H22N4O2S/c1-29-22-24-21-19(25-26-22)17-8-4-5-9-18(17)23-20(28-21)14-10-12-16(13-11-14)27-15-6-2-3-7-15/h4-5,8-13,15,20,23H,2-3,6-7H2,1H3. The summed E-state index contributed by atoms with van der Waals surface area (Å²) >= 11 is 1.44. The van der Waals surface area contributed by atoms with Gasteiger partial charge in [-0.3, -0.25) is 0 Å². The second-order valence-corrected chi connectivity index (χ2v) is 8.01. The molecule has 7 heteroatoms. The van der Waals surface area contributed by atoms with Crippen molar-refractivity contribution in [3.63, 3.8) is 0 Å². The van der Waals surface area contributed by atoms with Gasteiger partial charge < -0.3 is 14.8 Å². The van der Waals surface area contributed by atoms with E-state index in [2.05, 4.69) is 20.5 Å². The second kappa shape index (κ2) is 7.91. The molecular formula is C22H22N4O2S. The molecule has 1 atom stereocenters. The average Bonchev–Trinajstić information content (AvgIpc) is 3.21. The largest absolute Gasteiger partial charge is 0.490 e. The molecule has 1 unspecified atom stereocenters. The summed E-state index contributed by atoms with van der Waals surface area (Å²) in [6, 6.07) is 16.1. The third-order valence-electron chi connectivity index (χ3n) is 5.30. The van der Waals surface area contributed by atoms with Crippen LogP contribution in [0, 0.1) is 0 Å². The smallest absolute Gasteiger partial charge is 0.247 e. The Hall–Kier alpha value is -2.80. The summed E-state index contributed by atoms with van der Waals surface area (Å²) < 4.78 is 12.4. The Morgan fingerprint density at radius 1 is 1.03 bits per heavy atom. The SMILES string of the molecule is CSc1nnc2c(n1)OC(c1ccc(OC3CCCC3)cc1)Nc1ccccc1-2. The highest BCUT2D eigenvalue weighted by atomic mass is 32.2. The lowest BCUT2D eigenvalue weighted by atomic mass is 10.1. The molecule has 1 fully saturated rings. The minimum atomic E-state index is -0.385. The quantitative estimate of drug-likeness (QED) is 0.606. The monoisotopic (exact) mass is 406 g/mol. The van der Waals surface area contributed by atoms with Gasteiger partial charge in [0.1, 0.15) is 5.75 Å². The Kier molecular flexibility index (Phi) is 4.97. The Morgan fingerprint density at radius 2 is 1.83 bits per heavy atom. The first-order valence-corrected chi connectivity index (χ1v) is 11.1. The molecule has 2 heterocycles. The van der Waals surface area contributed by atoms with Crippen molar-refractivity contribution in [3.05, 3.63) is 54.1 Å². The van der Waals surface area contributed by atoms with Crippen LogP contribution in [-0.2, 0) is 0 Å². The van der Waals surface area contributed by atoms with Crippen molar-refractivity contribution < 1.29 is 9.47 Å². The number of anilines is 1. The van der Waals surface area contributed by atoms with Crippen LogP contribution in [0.5, 0.6) is 11.6 Å². The van der Waals surface area contributed by atoms with Crippen LogP contribution in [-0.4, -0.2) is 27.5 Å². The number of nitrogens with one attached hydrogen (secondary N) is 1. The van der Waals surface area contributed by atoms with Crippen LogP contribution >= 0.6 is 11.8 Å². The molecule has 5 rings (SSSR count). The van der Waals surface area contributed by atoms with E-state index in [1.165, 1.54) is 24.6 Å². The molecule has 0 saturated heterocycles. The number of nitrogens with zero attached hydrogens (tertiary/aromatic N) is 3. The molecule has 148 valence electrons. The van der Waals surface area contributed by atoms with Crippen LogP contribution < -0.4 is 14.8 Å². The van der Waals surface area contributed by atoms with Crippen LogP contribution in [0.25, 0.3) is 11.3 Å². The molecule has 2 aromatic carbocycles. The normalized spacial score (nSPS) is 18.2. The highest BCUT2D eigenvalue weighted by molar-refractivity contribution is 7.98. The summed E-state index contributed by atoms with van der Waals surface area (Å²) in [5.74, 6) is 1.39. The Morgan fingerprint density at radius 3 is 2.62 bits per heavy atom. The number of para-hydroxylation sites is 1. The van der Waals surface area contributed by atoms with Crippen LogP contribution in [0.2, 0.25) is 0 Å². The minimum absolute atomic E-state index is 0.347. The average molecular weight is 407 g/mol. The summed E-state index contributed by atoms with van der Waals surface area (Å²) in [6.07, 6.45) is 6.70. The third-order valence-corrected chi connectivity index (χ3v) is 5.84. The van der Waals surface area contributed by atoms with E-state index in [1.54, 1.807) is 0 Å². The van der Waals surface area contributed by atoms with Gasteiger partial charge in [-0.05, 0) is 62.3 Å². The number of benzene rings is 2. The molecule has 29 heavy (non-hydrogen) atoms. The van der Waals surface area contributed by atoms with E-state index < -0.39 is 0 Å². The Labute approximate surface area is 174 Å². The number of rotatable bonds is 4. The van der Waals surface area contributed by atoms with Gasteiger partial charge in [0.15, 0.2) is 11.9 Å². The van der Waals surface area contributed by atoms with E-state index in [0.29, 0.717) is 22.8 Å². The van der Waals surface area contributed by atoms with Gasteiger partial charge in [-0.2, -0.15) is 4.98 Å². The van der Waals surface area contributed by atoms with Crippen LogP contribution in [0.4, 0.5) is 5.69 Å². The van der Waals surface area contributed by atoms with E-state index >= 15 is 0 Å². The fraction of sp³-hybridized carbons (Fsp3) is 0.318. The maximum absolute atomic E-state index is 6.26. The summed E-state index contributed by atoms with van der Waals surface area (Å²) in [4.78, 5) is 4.55. The van der Waals surface area contributed by atoms with Crippen molar-refractivity contribution in [2.24, 2.45) is 0 Å². The van der Waals surface area contributed by atoms with Crippen molar-refractivity contribution in [2.45, 2.75) is 43.2 Å². The van der Waals surface area contributed by atoms with Crippen LogP contribution in [0.3, 0.4) is 0 Å². The molecule has 1 N–H and O–H groups in total. The van der Waals surface area contributed by atoms with Crippen molar-refractivity contribution in [1.82, 2.24) is 15.2 Å². The van der Waals surface area contributed by atoms with E-state index in [0.717, 1.165) is 35.4 Å². The van der Waals surface area contributed by atoms with Crippen molar-refractivity contribution >= 4 is 17.4 Å². The molecule has 6 nitrogen and oxygen atoms in total. The molecule has 2 aliphatic rings. The fourth-order valence-electron chi connectivity index (χ4n) is 3.80. The Bertz CT molecular complexity index is 1010. The first-order valence-electron chi connectivity index (χ1n) is 9.88. The maximum Gasteiger partial charge on any atom is 0.247 e. The molecule has 1 saturated carbocycles. The predicted molar refractivity (Wildman–Crippen MR) is 113 cm³/mol. The summed E-state index contributed by atoms with van der Waals surface area (Å²) in [6.45, 7) is 0. The highest BCUT2D eigenvalue weighted by Crippen LogP contribution is 2.39. The zero-order chi connectivity index (χ0) is 19.6. The van der Waals surface area contributed by atoms with Gasteiger partial charge >= 0.3 is 0 Å². The Balaban J connectivity index is 1.46. The van der Waals surface area contributed by atoms with Gasteiger partial charge in [0.2, 0.25) is 11.0 Å². The first-order chi connectivity index (χ1) is 14.3. The number of ether oxygens (including phenoxy) is 2. The van der Waals surface area contributed by atoms with Gasteiger partial charge in [-0.1, -0.05) is 30.0 Å². The van der Waals surface area contributed by atoms with E-state index in [4.69, 9.17) is 9.47 Å². The number of hydrogen-bond acceptors (Lipinski definition) is 7. The number of fused-ring (bicyclic) bond motifs is 3. The lowest BCUT2D eigenvalue weighted by Crippen LogP contribution is -2.17. The molecule has 0 spiro atoms. The molecule has 3 aromatic rings. The van der Waals surface area contributed by atoms with Crippen molar-refractivity contribution in [1.29, 1.82) is 0 Å². The third kappa shape index (κ3) is 3.74. The van der Waals surface area contributed by atoms with Crippen molar-refractivity contribution in [3.8, 4) is 22.9 Å². The lowest BCUT2D eigenvalue weighted by Gasteiger charge is -2.20. The predicted octanol–water partition coefficient (Wildman–Crippen LogP) is 5.09. The molecule has 1 aliphatic carbocycles. The van der Waals surface area contributed by atoms with Gasteiger partial charge in [-0.25, -0.2) is 0 Å². The van der Waals surface area contributed by atoms with E-state index in [9.17, 15) is 0 Å². The molecule has 0 amide bonds. The first kappa shape index (κ1) is 18.2. The fourth-order valence-corrected chi connectivity index (χ4v) is 4.10. The van der Waals surface area contributed by atoms with Crippen LogP contribution in [0.15, 0.2) is 53.7 Å². The summed E-state index contributed by atoms with van der Waals surface area (Å²) in [5, 5.41) is 12.6. The summed E-state index contributed by atoms with van der Waals surface area (Å²) in [7, 11) is 0. The summed E-state index contributed by atoms with van der Waals surface area (Å²) in [5.41, 5.74) is 3.51. The van der Waals surface area contributed by atoms with E-state index in [-0.39, 0.29) is 6.23 Å². The van der Waals surface area contributed by atoms with E-state index in [1.807, 2.05) is 54.8 Å². The van der Waals surface area contributed by atoms with Crippen LogP contribution in [0.1, 0.15) is 37.5 Å². The lowest BCUT2D eigenvalue weighted by molar-refractivity contribution is 0.209. The zero-order valence-corrected chi connectivity index (χ0v) is 17.0. The molecule has 0 radical (unpaired) electrons. The number of aromatic nitrogens is 3. The van der Waals surface area contributed by atoms with Gasteiger partial charge in [-0.15, -0.1) is 10.2 Å². The topological polar surface area (TPSA) is 69.2 Å². The second-order valence-electron chi connectivity index (χ2n) is 7.23. The highest BCUT2D eigenvalue weighted by Gasteiger charge is 2.26.